The van der Waals surface area contributed by atoms with Gasteiger partial charge in [-0.25, -0.2) is 0 Å². The van der Waals surface area contributed by atoms with E-state index in [0.717, 1.165) is 11.4 Å². The highest BCUT2D eigenvalue weighted by Crippen LogP contribution is 2.35. The second-order valence-electron chi connectivity index (χ2n) is 7.06. The van der Waals surface area contributed by atoms with Gasteiger partial charge in [0.15, 0.2) is 0 Å². The number of halogens is 1. The van der Waals surface area contributed by atoms with Gasteiger partial charge in [-0.2, -0.15) is 0 Å². The molecule has 132 valence electrons. The van der Waals surface area contributed by atoms with Crippen LogP contribution in [-0.2, 0) is 9.59 Å². The number of rotatable bonds is 3. The molecule has 2 rings (SSSR count). The highest BCUT2D eigenvalue weighted by molar-refractivity contribution is 6.34. The lowest BCUT2D eigenvalue weighted by molar-refractivity contribution is -0.131. The Labute approximate surface area is 149 Å². The second kappa shape index (κ2) is 7.43. The summed E-state index contributed by atoms with van der Waals surface area (Å²) in [5, 5.41) is 3.60. The fourth-order valence-corrected chi connectivity index (χ4v) is 2.94. The lowest BCUT2D eigenvalue weighted by Crippen LogP contribution is -2.49. The maximum absolute atomic E-state index is 12.3. The third-order valence-electron chi connectivity index (χ3n) is 4.17. The quantitative estimate of drug-likeness (QED) is 0.908. The van der Waals surface area contributed by atoms with Crippen molar-refractivity contribution in [3.8, 4) is 0 Å². The molecule has 0 spiro atoms. The molecule has 1 aromatic carbocycles. The van der Waals surface area contributed by atoms with Crippen LogP contribution in [0.2, 0.25) is 5.02 Å². The number of piperazine rings is 1. The van der Waals surface area contributed by atoms with Gasteiger partial charge in [-0.3, -0.25) is 9.59 Å². The number of carbonyl (C=O) groups excluding carboxylic acids is 2. The standard InChI is InChI=1S/C18H26ClN3O2/c1-5-15(23)21-9-11-22(12-10-21)16-13(19)7-6-8-14(16)20-17(24)18(2,3)4/h6-8H,5,9-12H2,1-4H3,(H,20,24). The molecule has 1 N–H and O–H groups in total. The summed E-state index contributed by atoms with van der Waals surface area (Å²) in [5.41, 5.74) is 1.07. The molecule has 1 fully saturated rings. The Morgan fingerprint density at radius 3 is 2.33 bits per heavy atom. The Kier molecular flexibility index (Phi) is 5.75. The summed E-state index contributed by atoms with van der Waals surface area (Å²) in [4.78, 5) is 28.2. The zero-order valence-electron chi connectivity index (χ0n) is 14.9. The maximum Gasteiger partial charge on any atom is 0.229 e. The first-order chi connectivity index (χ1) is 11.2. The number of nitrogens with zero attached hydrogens (tertiary/aromatic N) is 2. The van der Waals surface area contributed by atoms with E-state index < -0.39 is 5.41 Å². The Balaban J connectivity index is 2.19. The molecule has 2 amide bonds. The van der Waals surface area contributed by atoms with Gasteiger partial charge in [-0.15, -0.1) is 0 Å². The molecule has 0 saturated carbocycles. The van der Waals surface area contributed by atoms with Crippen LogP contribution in [0, 0.1) is 5.41 Å². The van der Waals surface area contributed by atoms with Crippen molar-refractivity contribution in [2.24, 2.45) is 5.41 Å². The molecular weight excluding hydrogens is 326 g/mol. The van der Waals surface area contributed by atoms with Crippen LogP contribution in [0.5, 0.6) is 0 Å². The van der Waals surface area contributed by atoms with Gasteiger partial charge in [-0.05, 0) is 12.1 Å². The summed E-state index contributed by atoms with van der Waals surface area (Å²) in [5.74, 6) is 0.126. The van der Waals surface area contributed by atoms with Gasteiger partial charge in [0.1, 0.15) is 0 Å². The van der Waals surface area contributed by atoms with E-state index in [1.165, 1.54) is 0 Å². The Bertz CT molecular complexity index is 617. The van der Waals surface area contributed by atoms with Gasteiger partial charge < -0.3 is 15.1 Å². The fraction of sp³-hybridized carbons (Fsp3) is 0.556. The molecule has 1 saturated heterocycles. The lowest BCUT2D eigenvalue weighted by Gasteiger charge is -2.37. The van der Waals surface area contributed by atoms with Crippen molar-refractivity contribution in [1.29, 1.82) is 0 Å². The smallest absolute Gasteiger partial charge is 0.229 e. The zero-order chi connectivity index (χ0) is 17.9. The van der Waals surface area contributed by atoms with Crippen LogP contribution in [0.3, 0.4) is 0 Å². The van der Waals surface area contributed by atoms with Crippen LogP contribution in [0.15, 0.2) is 18.2 Å². The number of carbonyl (C=O) groups is 2. The Morgan fingerprint density at radius 1 is 1.17 bits per heavy atom. The molecule has 0 unspecified atom stereocenters. The largest absolute Gasteiger partial charge is 0.365 e. The number of hydrogen-bond acceptors (Lipinski definition) is 3. The Morgan fingerprint density at radius 2 is 1.79 bits per heavy atom. The normalized spacial score (nSPS) is 15.4. The summed E-state index contributed by atoms with van der Waals surface area (Å²) < 4.78 is 0. The van der Waals surface area contributed by atoms with E-state index in [-0.39, 0.29) is 11.8 Å². The van der Waals surface area contributed by atoms with Crippen LogP contribution < -0.4 is 10.2 Å². The summed E-state index contributed by atoms with van der Waals surface area (Å²) in [6.45, 7) is 10.3. The molecule has 0 aliphatic carbocycles. The molecule has 0 aromatic heterocycles. The van der Waals surface area contributed by atoms with Gasteiger partial charge in [0.25, 0.3) is 0 Å². The van der Waals surface area contributed by atoms with Gasteiger partial charge >= 0.3 is 0 Å². The summed E-state index contributed by atoms with van der Waals surface area (Å²) in [7, 11) is 0. The number of anilines is 2. The maximum atomic E-state index is 12.3. The molecule has 0 radical (unpaired) electrons. The average Bonchev–Trinajstić information content (AvgIpc) is 2.53. The minimum atomic E-state index is -0.480. The van der Waals surface area contributed by atoms with Crippen LogP contribution in [0.1, 0.15) is 34.1 Å². The SMILES string of the molecule is CCC(=O)N1CCN(c2c(Cl)cccc2NC(=O)C(C)(C)C)CC1. The highest BCUT2D eigenvalue weighted by atomic mass is 35.5. The minimum Gasteiger partial charge on any atom is -0.365 e. The van der Waals surface area contributed by atoms with E-state index in [9.17, 15) is 9.59 Å². The van der Waals surface area contributed by atoms with Crippen molar-refractivity contribution in [3.05, 3.63) is 23.2 Å². The van der Waals surface area contributed by atoms with Crippen molar-refractivity contribution in [2.45, 2.75) is 34.1 Å². The van der Waals surface area contributed by atoms with E-state index in [1.807, 2.05) is 50.8 Å². The summed E-state index contributed by atoms with van der Waals surface area (Å²) in [6.07, 6.45) is 0.527. The van der Waals surface area contributed by atoms with Gasteiger partial charge in [-0.1, -0.05) is 45.4 Å². The first kappa shape index (κ1) is 18.6. The number of benzene rings is 1. The van der Waals surface area contributed by atoms with E-state index >= 15 is 0 Å². The van der Waals surface area contributed by atoms with Gasteiger partial charge in [0.05, 0.1) is 16.4 Å². The molecule has 0 bridgehead atoms. The second-order valence-corrected chi connectivity index (χ2v) is 7.47. The number of hydrogen-bond donors (Lipinski definition) is 1. The van der Waals surface area contributed by atoms with Crippen LogP contribution in [0.25, 0.3) is 0 Å². The van der Waals surface area contributed by atoms with Crippen molar-refractivity contribution >= 4 is 34.8 Å². The monoisotopic (exact) mass is 351 g/mol. The highest BCUT2D eigenvalue weighted by Gasteiger charge is 2.26. The van der Waals surface area contributed by atoms with E-state index in [0.29, 0.717) is 37.6 Å². The zero-order valence-corrected chi connectivity index (χ0v) is 15.6. The number of nitrogens with one attached hydrogen (secondary N) is 1. The Hall–Kier alpha value is -1.75. The predicted molar refractivity (Wildman–Crippen MR) is 98.6 cm³/mol. The molecule has 1 aliphatic rings. The topological polar surface area (TPSA) is 52.7 Å². The van der Waals surface area contributed by atoms with Crippen LogP contribution in [-0.4, -0.2) is 42.9 Å². The predicted octanol–water partition coefficient (Wildman–Crippen LogP) is 3.38. The molecule has 6 heteroatoms. The minimum absolute atomic E-state index is 0.0502. The molecule has 24 heavy (non-hydrogen) atoms. The van der Waals surface area contributed by atoms with Crippen LogP contribution in [0.4, 0.5) is 11.4 Å². The third-order valence-corrected chi connectivity index (χ3v) is 4.47. The molecule has 1 heterocycles. The third kappa shape index (κ3) is 4.20. The molecular formula is C18H26ClN3O2. The van der Waals surface area contributed by atoms with E-state index in [4.69, 9.17) is 11.6 Å². The molecule has 5 nitrogen and oxygen atoms in total. The van der Waals surface area contributed by atoms with Gasteiger partial charge in [0, 0.05) is 38.0 Å². The number of amides is 2. The average molecular weight is 352 g/mol. The first-order valence-electron chi connectivity index (χ1n) is 8.36. The fourth-order valence-electron chi connectivity index (χ4n) is 2.65. The number of para-hydroxylation sites is 1. The van der Waals surface area contributed by atoms with Crippen molar-refractivity contribution < 1.29 is 9.59 Å². The van der Waals surface area contributed by atoms with Crippen LogP contribution >= 0.6 is 11.6 Å². The molecule has 0 atom stereocenters. The van der Waals surface area contributed by atoms with Crippen molar-refractivity contribution in [2.75, 3.05) is 36.4 Å². The van der Waals surface area contributed by atoms with Crippen molar-refractivity contribution in [1.82, 2.24) is 4.90 Å². The first-order valence-corrected chi connectivity index (χ1v) is 8.74. The van der Waals surface area contributed by atoms with E-state index in [2.05, 4.69) is 10.2 Å². The summed E-state index contributed by atoms with van der Waals surface area (Å²) in [6, 6.07) is 5.53. The van der Waals surface area contributed by atoms with Gasteiger partial charge in [0.2, 0.25) is 11.8 Å². The lowest BCUT2D eigenvalue weighted by atomic mass is 9.95. The molecule has 1 aromatic rings. The molecule has 1 aliphatic heterocycles. The summed E-state index contributed by atoms with van der Waals surface area (Å²) >= 11 is 6.41. The van der Waals surface area contributed by atoms with Crippen molar-refractivity contribution in [3.63, 3.8) is 0 Å². The van der Waals surface area contributed by atoms with E-state index in [1.54, 1.807) is 0 Å².